The second-order valence-corrected chi connectivity index (χ2v) is 6.63. The maximum absolute atomic E-state index is 13.1. The number of ketones is 1. The Morgan fingerprint density at radius 3 is 2.63 bits per heavy atom. The lowest BCUT2D eigenvalue weighted by Crippen LogP contribution is -2.31. The van der Waals surface area contributed by atoms with Crippen LogP contribution in [0.1, 0.15) is 29.2 Å². The third-order valence-electron chi connectivity index (χ3n) is 4.61. The summed E-state index contributed by atoms with van der Waals surface area (Å²) in [4.78, 5) is 43.1. The number of Topliss-reactive ketones (excluding diaryl/α,β-unsaturated/α-hetero) is 1. The minimum absolute atomic E-state index is 0.000807. The number of rotatable bonds is 5. The molecule has 150 valence electrons. The molecule has 1 unspecified atom stereocenters. The van der Waals surface area contributed by atoms with Gasteiger partial charge in [-0.2, -0.15) is 0 Å². The van der Waals surface area contributed by atoms with E-state index in [0.29, 0.717) is 17.1 Å². The topological polar surface area (TPSA) is 113 Å². The molecule has 0 bridgehead atoms. The number of furan rings is 1. The van der Waals surface area contributed by atoms with Gasteiger partial charge in [0.25, 0.3) is 5.91 Å². The molecule has 2 aromatic heterocycles. The summed E-state index contributed by atoms with van der Waals surface area (Å²) in [5.41, 5.74) is 1.13. The number of amides is 2. The van der Waals surface area contributed by atoms with E-state index in [2.05, 4.69) is 10.3 Å². The number of aliphatic hydroxyl groups is 1. The van der Waals surface area contributed by atoms with Crippen LogP contribution in [0.3, 0.4) is 0 Å². The maximum atomic E-state index is 13.1. The van der Waals surface area contributed by atoms with Gasteiger partial charge in [0.2, 0.25) is 11.7 Å². The van der Waals surface area contributed by atoms with E-state index in [-0.39, 0.29) is 17.2 Å². The predicted octanol–water partition coefficient (Wildman–Crippen LogP) is 3.42. The van der Waals surface area contributed by atoms with Crippen molar-refractivity contribution in [3.63, 3.8) is 0 Å². The Hall–Kier alpha value is -4.20. The zero-order valence-corrected chi connectivity index (χ0v) is 15.9. The Morgan fingerprint density at radius 1 is 1.13 bits per heavy atom. The highest BCUT2D eigenvalue weighted by molar-refractivity contribution is 6.20. The van der Waals surface area contributed by atoms with Crippen molar-refractivity contribution in [2.45, 2.75) is 13.0 Å². The first-order chi connectivity index (χ1) is 14.5. The summed E-state index contributed by atoms with van der Waals surface area (Å²) in [6.45, 7) is 1.37. The number of anilines is 2. The van der Waals surface area contributed by atoms with Gasteiger partial charge in [0.05, 0.1) is 17.5 Å². The van der Waals surface area contributed by atoms with Gasteiger partial charge in [0.1, 0.15) is 6.04 Å². The fourth-order valence-electron chi connectivity index (χ4n) is 3.40. The summed E-state index contributed by atoms with van der Waals surface area (Å²) >= 11 is 0. The fraction of sp³-hybridized carbons (Fsp3) is 0.0909. The third-order valence-corrected chi connectivity index (χ3v) is 4.61. The molecule has 0 radical (unpaired) electrons. The van der Waals surface area contributed by atoms with Crippen molar-refractivity contribution < 1.29 is 23.9 Å². The molecular weight excluding hydrogens is 386 g/mol. The minimum Gasteiger partial charge on any atom is -0.503 e. The lowest BCUT2D eigenvalue weighted by molar-refractivity contribution is -0.117. The van der Waals surface area contributed by atoms with Crippen LogP contribution in [0.2, 0.25) is 0 Å². The van der Waals surface area contributed by atoms with Crippen LogP contribution in [0.4, 0.5) is 11.4 Å². The largest absolute Gasteiger partial charge is 0.503 e. The highest BCUT2D eigenvalue weighted by Crippen LogP contribution is 2.41. The number of carbonyl (C=O) groups is 3. The minimum atomic E-state index is -0.969. The van der Waals surface area contributed by atoms with Gasteiger partial charge >= 0.3 is 0 Å². The Bertz CT molecular complexity index is 1150. The van der Waals surface area contributed by atoms with E-state index in [4.69, 9.17) is 4.42 Å². The summed E-state index contributed by atoms with van der Waals surface area (Å²) < 4.78 is 5.19. The smallest absolute Gasteiger partial charge is 0.294 e. The number of pyridine rings is 1. The average Bonchev–Trinajstić information content (AvgIpc) is 3.36. The Labute approximate surface area is 171 Å². The lowest BCUT2D eigenvalue weighted by Gasteiger charge is -2.26. The molecule has 1 aromatic carbocycles. The highest BCUT2D eigenvalue weighted by atomic mass is 16.3. The number of nitrogens with one attached hydrogen (secondary N) is 1. The number of carbonyl (C=O) groups excluding carboxylic acids is 3. The number of aromatic nitrogens is 1. The summed E-state index contributed by atoms with van der Waals surface area (Å²) in [5.74, 6) is -2.30. The van der Waals surface area contributed by atoms with E-state index in [1.165, 1.54) is 30.4 Å². The van der Waals surface area contributed by atoms with Crippen molar-refractivity contribution in [1.29, 1.82) is 0 Å². The van der Waals surface area contributed by atoms with E-state index >= 15 is 0 Å². The Balaban J connectivity index is 1.84. The van der Waals surface area contributed by atoms with Gasteiger partial charge in [-0.3, -0.25) is 24.3 Å². The zero-order chi connectivity index (χ0) is 21.3. The zero-order valence-electron chi connectivity index (χ0n) is 15.9. The van der Waals surface area contributed by atoms with Crippen LogP contribution < -0.4 is 10.2 Å². The van der Waals surface area contributed by atoms with E-state index < -0.39 is 23.5 Å². The van der Waals surface area contributed by atoms with Crippen molar-refractivity contribution in [2.24, 2.45) is 0 Å². The molecular formula is C22H17N3O5. The number of hydrogen-bond donors (Lipinski definition) is 2. The molecule has 0 saturated carbocycles. The van der Waals surface area contributed by atoms with Crippen LogP contribution in [-0.2, 0) is 9.59 Å². The quantitative estimate of drug-likeness (QED) is 0.631. The number of nitrogens with zero attached hydrogens (tertiary/aromatic N) is 2. The molecule has 0 fully saturated rings. The van der Waals surface area contributed by atoms with E-state index in [1.807, 2.05) is 0 Å². The Morgan fingerprint density at radius 2 is 1.97 bits per heavy atom. The first-order valence-corrected chi connectivity index (χ1v) is 9.11. The molecule has 30 heavy (non-hydrogen) atoms. The molecule has 1 aliphatic rings. The van der Waals surface area contributed by atoms with Gasteiger partial charge in [0.15, 0.2) is 11.5 Å². The SMILES string of the molecule is CC(=O)Nc1cccc(N2C(=O)C(O)=C(C(=O)c3ccco3)C2c2ccccn2)c1. The first kappa shape index (κ1) is 19.1. The summed E-state index contributed by atoms with van der Waals surface area (Å²) in [5, 5.41) is 13.3. The van der Waals surface area contributed by atoms with Crippen molar-refractivity contribution in [3.8, 4) is 0 Å². The number of benzene rings is 1. The summed E-state index contributed by atoms with van der Waals surface area (Å²) in [6, 6.07) is 13.7. The molecule has 1 atom stereocenters. The Kier molecular flexibility index (Phi) is 4.89. The second-order valence-electron chi connectivity index (χ2n) is 6.63. The molecule has 0 aliphatic carbocycles. The monoisotopic (exact) mass is 403 g/mol. The summed E-state index contributed by atoms with van der Waals surface area (Å²) in [6.07, 6.45) is 2.88. The van der Waals surface area contributed by atoms with Gasteiger partial charge in [-0.25, -0.2) is 0 Å². The van der Waals surface area contributed by atoms with Crippen LogP contribution in [-0.4, -0.2) is 27.7 Å². The first-order valence-electron chi connectivity index (χ1n) is 9.11. The van der Waals surface area contributed by atoms with Crippen molar-refractivity contribution in [2.75, 3.05) is 10.2 Å². The van der Waals surface area contributed by atoms with E-state index in [9.17, 15) is 19.5 Å². The van der Waals surface area contributed by atoms with Crippen LogP contribution in [0, 0.1) is 0 Å². The molecule has 3 aromatic rings. The van der Waals surface area contributed by atoms with Gasteiger partial charge in [-0.15, -0.1) is 0 Å². The van der Waals surface area contributed by atoms with Crippen LogP contribution in [0.15, 0.2) is 82.8 Å². The van der Waals surface area contributed by atoms with Crippen molar-refractivity contribution in [3.05, 3.63) is 89.8 Å². The highest BCUT2D eigenvalue weighted by Gasteiger charge is 2.46. The fourth-order valence-corrected chi connectivity index (χ4v) is 3.40. The summed E-state index contributed by atoms with van der Waals surface area (Å²) in [7, 11) is 0. The maximum Gasteiger partial charge on any atom is 0.294 e. The van der Waals surface area contributed by atoms with Gasteiger partial charge in [0, 0.05) is 24.5 Å². The molecule has 8 heteroatoms. The average molecular weight is 403 g/mol. The standard InChI is InChI=1S/C22H17N3O5/c1-13(26)24-14-6-4-7-15(12-14)25-19(16-8-2-3-10-23-16)18(21(28)22(25)29)20(27)17-9-5-11-30-17/h2-12,19,28H,1H3,(H,24,26). The van der Waals surface area contributed by atoms with Crippen LogP contribution in [0.25, 0.3) is 0 Å². The predicted molar refractivity (Wildman–Crippen MR) is 108 cm³/mol. The second kappa shape index (κ2) is 7.67. The van der Waals surface area contributed by atoms with Crippen LogP contribution >= 0.6 is 0 Å². The molecule has 0 spiro atoms. The molecule has 2 N–H and O–H groups in total. The normalized spacial score (nSPS) is 16.1. The van der Waals surface area contributed by atoms with Crippen LogP contribution in [0.5, 0.6) is 0 Å². The molecule has 1 aliphatic heterocycles. The lowest BCUT2D eigenvalue weighted by atomic mass is 9.98. The third kappa shape index (κ3) is 3.35. The number of aliphatic hydroxyl groups excluding tert-OH is 1. The van der Waals surface area contributed by atoms with Gasteiger partial charge in [-0.1, -0.05) is 12.1 Å². The van der Waals surface area contributed by atoms with Crippen molar-refractivity contribution >= 4 is 29.0 Å². The molecule has 8 nitrogen and oxygen atoms in total. The number of hydrogen-bond acceptors (Lipinski definition) is 6. The van der Waals surface area contributed by atoms with E-state index in [0.717, 1.165) is 0 Å². The molecule has 0 saturated heterocycles. The van der Waals surface area contributed by atoms with E-state index in [1.54, 1.807) is 48.5 Å². The van der Waals surface area contributed by atoms with Gasteiger partial charge < -0.3 is 14.8 Å². The molecule has 4 rings (SSSR count). The molecule has 2 amide bonds. The molecule has 3 heterocycles. The van der Waals surface area contributed by atoms with Gasteiger partial charge in [-0.05, 0) is 42.5 Å². The van der Waals surface area contributed by atoms with Crippen molar-refractivity contribution in [1.82, 2.24) is 4.98 Å².